The molecule has 3 heteroatoms. The summed E-state index contributed by atoms with van der Waals surface area (Å²) in [6.45, 7) is 7.58. The van der Waals surface area contributed by atoms with Gasteiger partial charge in [-0.15, -0.1) is 11.6 Å². The average molecular weight is 234 g/mol. The van der Waals surface area contributed by atoms with Gasteiger partial charge >= 0.3 is 0 Å². The molecule has 90 valence electrons. The number of unbranched alkanes of at least 4 members (excludes halogenated alkanes) is 1. The lowest BCUT2D eigenvalue weighted by molar-refractivity contribution is 0.108. The first-order valence-electron chi connectivity index (χ1n) is 6.23. The van der Waals surface area contributed by atoms with Crippen LogP contribution in [0.4, 0.5) is 0 Å². The van der Waals surface area contributed by atoms with Crippen molar-refractivity contribution in [3.8, 4) is 0 Å². The van der Waals surface area contributed by atoms with Crippen LogP contribution in [-0.2, 0) is 4.74 Å². The minimum absolute atomic E-state index is 0.811. The van der Waals surface area contributed by atoms with Crippen LogP contribution >= 0.6 is 11.6 Å². The predicted molar refractivity (Wildman–Crippen MR) is 65.6 cm³/mol. The fourth-order valence-electron chi connectivity index (χ4n) is 2.05. The molecule has 0 amide bonds. The van der Waals surface area contributed by atoms with Gasteiger partial charge in [0.25, 0.3) is 0 Å². The molecule has 2 nitrogen and oxygen atoms in total. The molecule has 1 rings (SSSR count). The summed E-state index contributed by atoms with van der Waals surface area (Å²) in [5.41, 5.74) is 0. The molecule has 0 aromatic carbocycles. The first kappa shape index (κ1) is 13.3. The van der Waals surface area contributed by atoms with Gasteiger partial charge in [0.1, 0.15) is 0 Å². The largest absolute Gasteiger partial charge is 0.380 e. The zero-order chi connectivity index (χ0) is 10.9. The van der Waals surface area contributed by atoms with Gasteiger partial charge in [0, 0.05) is 25.6 Å². The van der Waals surface area contributed by atoms with E-state index in [1.165, 1.54) is 38.8 Å². The summed E-state index contributed by atoms with van der Waals surface area (Å²) in [5.74, 6) is 1.64. The van der Waals surface area contributed by atoms with Crippen LogP contribution in [0.1, 0.15) is 32.6 Å². The number of nitrogens with zero attached hydrogens (tertiary/aromatic N) is 1. The molecule has 0 aromatic heterocycles. The third kappa shape index (κ3) is 5.74. The molecule has 1 aliphatic heterocycles. The van der Waals surface area contributed by atoms with Gasteiger partial charge in [-0.05, 0) is 31.7 Å². The normalized spacial score (nSPS) is 22.4. The Bertz CT molecular complexity index is 155. The Balaban J connectivity index is 1.94. The molecule has 0 aromatic rings. The van der Waals surface area contributed by atoms with Crippen LogP contribution in [0.2, 0.25) is 0 Å². The van der Waals surface area contributed by atoms with E-state index in [9.17, 15) is 0 Å². The standard InChI is InChI=1S/C12H24ClNO/c1-2-3-9-15-10-8-14-7-5-12(11-14)4-6-13/h12H,2-11H2,1H3. The van der Waals surface area contributed by atoms with Crippen molar-refractivity contribution in [2.75, 3.05) is 38.7 Å². The van der Waals surface area contributed by atoms with Crippen LogP contribution in [0, 0.1) is 5.92 Å². The first-order valence-corrected chi connectivity index (χ1v) is 6.76. The second-order valence-corrected chi connectivity index (χ2v) is 4.78. The molecule has 1 unspecified atom stereocenters. The van der Waals surface area contributed by atoms with Crippen LogP contribution in [0.5, 0.6) is 0 Å². The van der Waals surface area contributed by atoms with Gasteiger partial charge in [0.05, 0.1) is 6.61 Å². The van der Waals surface area contributed by atoms with E-state index in [0.717, 1.165) is 31.6 Å². The third-order valence-electron chi connectivity index (χ3n) is 3.08. The average Bonchev–Trinajstić information content (AvgIpc) is 2.66. The lowest BCUT2D eigenvalue weighted by atomic mass is 10.1. The molecule has 0 aliphatic carbocycles. The van der Waals surface area contributed by atoms with Crippen molar-refractivity contribution >= 4 is 11.6 Å². The van der Waals surface area contributed by atoms with E-state index >= 15 is 0 Å². The molecule has 1 aliphatic rings. The molecule has 15 heavy (non-hydrogen) atoms. The molecule has 0 saturated carbocycles. The highest BCUT2D eigenvalue weighted by Gasteiger charge is 2.20. The van der Waals surface area contributed by atoms with Crippen molar-refractivity contribution in [3.63, 3.8) is 0 Å². The van der Waals surface area contributed by atoms with Gasteiger partial charge < -0.3 is 9.64 Å². The first-order chi connectivity index (χ1) is 7.36. The third-order valence-corrected chi connectivity index (χ3v) is 3.30. The Morgan fingerprint density at radius 3 is 3.00 bits per heavy atom. The quantitative estimate of drug-likeness (QED) is 0.472. The van der Waals surface area contributed by atoms with Gasteiger partial charge in [-0.2, -0.15) is 0 Å². The lowest BCUT2D eigenvalue weighted by Crippen LogP contribution is -2.25. The molecule has 1 saturated heterocycles. The summed E-state index contributed by atoms with van der Waals surface area (Å²) in [4.78, 5) is 2.50. The SMILES string of the molecule is CCCCOCCN1CCC(CCCl)C1. The Labute approximate surface area is 98.9 Å². The summed E-state index contributed by atoms with van der Waals surface area (Å²) >= 11 is 5.75. The van der Waals surface area contributed by atoms with Crippen LogP contribution in [0.15, 0.2) is 0 Å². The van der Waals surface area contributed by atoms with Crippen molar-refractivity contribution in [1.82, 2.24) is 4.90 Å². The smallest absolute Gasteiger partial charge is 0.0593 e. The van der Waals surface area contributed by atoms with E-state index in [2.05, 4.69) is 11.8 Å². The van der Waals surface area contributed by atoms with Crippen LogP contribution in [0.25, 0.3) is 0 Å². The maximum Gasteiger partial charge on any atom is 0.0593 e. The molecule has 1 atom stereocenters. The molecular formula is C12H24ClNO. The van der Waals surface area contributed by atoms with E-state index in [1.807, 2.05) is 0 Å². The summed E-state index contributed by atoms with van der Waals surface area (Å²) in [6.07, 6.45) is 4.91. The fraction of sp³-hybridized carbons (Fsp3) is 1.00. The second kappa shape index (κ2) is 8.37. The summed E-state index contributed by atoms with van der Waals surface area (Å²) in [5, 5.41) is 0. The Morgan fingerprint density at radius 2 is 2.27 bits per heavy atom. The fourth-order valence-corrected chi connectivity index (χ4v) is 2.36. The predicted octanol–water partition coefficient (Wildman–Crippen LogP) is 2.75. The summed E-state index contributed by atoms with van der Waals surface area (Å²) < 4.78 is 5.56. The van der Waals surface area contributed by atoms with Crippen molar-refractivity contribution in [1.29, 1.82) is 0 Å². The van der Waals surface area contributed by atoms with Gasteiger partial charge in [-0.1, -0.05) is 13.3 Å². The number of hydrogen-bond donors (Lipinski definition) is 0. The van der Waals surface area contributed by atoms with E-state index in [-0.39, 0.29) is 0 Å². The molecule has 0 spiro atoms. The minimum Gasteiger partial charge on any atom is -0.380 e. The van der Waals surface area contributed by atoms with Crippen molar-refractivity contribution < 1.29 is 4.74 Å². The van der Waals surface area contributed by atoms with Crippen LogP contribution in [0.3, 0.4) is 0 Å². The number of likely N-dealkylation sites (tertiary alicyclic amines) is 1. The minimum atomic E-state index is 0.811. The van der Waals surface area contributed by atoms with Crippen molar-refractivity contribution in [2.24, 2.45) is 5.92 Å². The van der Waals surface area contributed by atoms with Crippen LogP contribution in [-0.4, -0.2) is 43.6 Å². The number of halogens is 1. The highest BCUT2D eigenvalue weighted by molar-refractivity contribution is 6.17. The molecule has 1 heterocycles. The van der Waals surface area contributed by atoms with Crippen molar-refractivity contribution in [3.05, 3.63) is 0 Å². The molecular weight excluding hydrogens is 210 g/mol. The second-order valence-electron chi connectivity index (χ2n) is 4.40. The van der Waals surface area contributed by atoms with Gasteiger partial charge in [0.15, 0.2) is 0 Å². The molecule has 1 fully saturated rings. The summed E-state index contributed by atoms with van der Waals surface area (Å²) in [6, 6.07) is 0. The van der Waals surface area contributed by atoms with Gasteiger partial charge in [-0.25, -0.2) is 0 Å². The Kier molecular flexibility index (Phi) is 7.41. The van der Waals surface area contributed by atoms with E-state index < -0.39 is 0 Å². The zero-order valence-corrected chi connectivity index (χ0v) is 10.6. The Morgan fingerprint density at radius 1 is 1.40 bits per heavy atom. The summed E-state index contributed by atoms with van der Waals surface area (Å²) in [7, 11) is 0. The zero-order valence-electron chi connectivity index (χ0n) is 9.88. The van der Waals surface area contributed by atoms with E-state index in [4.69, 9.17) is 16.3 Å². The topological polar surface area (TPSA) is 12.5 Å². The number of ether oxygens (including phenoxy) is 1. The van der Waals surface area contributed by atoms with Gasteiger partial charge in [-0.3, -0.25) is 0 Å². The maximum absolute atomic E-state index is 5.75. The van der Waals surface area contributed by atoms with Gasteiger partial charge in [0.2, 0.25) is 0 Å². The van der Waals surface area contributed by atoms with Crippen molar-refractivity contribution in [2.45, 2.75) is 32.6 Å². The molecule has 0 bridgehead atoms. The Hall–Kier alpha value is 0.210. The highest BCUT2D eigenvalue weighted by Crippen LogP contribution is 2.19. The van der Waals surface area contributed by atoms with E-state index in [1.54, 1.807) is 0 Å². The molecule has 0 N–H and O–H groups in total. The number of alkyl halides is 1. The number of rotatable bonds is 8. The monoisotopic (exact) mass is 233 g/mol. The maximum atomic E-state index is 5.75. The van der Waals surface area contributed by atoms with Crippen LogP contribution < -0.4 is 0 Å². The number of hydrogen-bond acceptors (Lipinski definition) is 2. The molecule has 0 radical (unpaired) electrons. The highest BCUT2D eigenvalue weighted by atomic mass is 35.5. The lowest BCUT2D eigenvalue weighted by Gasteiger charge is -2.15. The van der Waals surface area contributed by atoms with E-state index in [0.29, 0.717) is 0 Å².